The first-order valence-corrected chi connectivity index (χ1v) is 5.86. The monoisotopic (exact) mass is 256 g/mol. The molecule has 2 atom stereocenters. The number of hydrogen-bond donors (Lipinski definition) is 2. The van der Waals surface area contributed by atoms with Gasteiger partial charge in [0.15, 0.2) is 5.71 Å². The van der Waals surface area contributed by atoms with Gasteiger partial charge in [-0.2, -0.15) is 0 Å². The number of amides is 1. The van der Waals surface area contributed by atoms with E-state index < -0.39 is 17.6 Å². The zero-order chi connectivity index (χ0) is 13.2. The average molecular weight is 256 g/mol. The second kappa shape index (κ2) is 4.93. The van der Waals surface area contributed by atoms with Gasteiger partial charge in [-0.05, 0) is 19.8 Å². The molecule has 1 saturated heterocycles. The van der Waals surface area contributed by atoms with Gasteiger partial charge in [0.25, 0.3) is 5.91 Å². The highest BCUT2D eigenvalue weighted by molar-refractivity contribution is 6.36. The van der Waals surface area contributed by atoms with Gasteiger partial charge in [0, 0.05) is 13.0 Å². The molecule has 0 aromatic heterocycles. The van der Waals surface area contributed by atoms with E-state index in [1.54, 1.807) is 0 Å². The van der Waals surface area contributed by atoms with Crippen molar-refractivity contribution in [3.8, 4) is 0 Å². The van der Waals surface area contributed by atoms with Crippen molar-refractivity contribution in [3.05, 3.63) is 0 Å². The Morgan fingerprint density at radius 2 is 2.33 bits per heavy atom. The van der Waals surface area contributed by atoms with Crippen LogP contribution in [-0.2, 0) is 19.2 Å². The summed E-state index contributed by atoms with van der Waals surface area (Å²) >= 11 is 0. The molecular weight excluding hydrogens is 240 g/mol. The maximum Gasteiger partial charge on any atom is 0.353 e. The van der Waals surface area contributed by atoms with Crippen LogP contribution >= 0.6 is 0 Å². The van der Waals surface area contributed by atoms with E-state index in [0.29, 0.717) is 13.2 Å². The van der Waals surface area contributed by atoms with E-state index in [1.165, 1.54) is 0 Å². The summed E-state index contributed by atoms with van der Waals surface area (Å²) in [5.74, 6) is -1.50. The number of carbonyl (C=O) groups is 2. The standard InChI is InChI=1S/C11H16N2O5/c1-11(3-2-4-17-6-11)12-9(14)8-5-7(10(15)16)13-18-8/h8H,2-6H2,1H3,(H,12,14)(H,15,16). The summed E-state index contributed by atoms with van der Waals surface area (Å²) in [6.45, 7) is 3.06. The highest BCUT2D eigenvalue weighted by Crippen LogP contribution is 2.20. The largest absolute Gasteiger partial charge is 0.477 e. The lowest BCUT2D eigenvalue weighted by atomic mass is 9.94. The topological polar surface area (TPSA) is 97.2 Å². The Bertz CT molecular complexity index is 387. The van der Waals surface area contributed by atoms with Crippen molar-refractivity contribution < 1.29 is 24.3 Å². The van der Waals surface area contributed by atoms with Crippen LogP contribution in [0.1, 0.15) is 26.2 Å². The molecule has 2 aliphatic rings. The minimum Gasteiger partial charge on any atom is -0.477 e. The Kier molecular flexibility index (Phi) is 3.51. The van der Waals surface area contributed by atoms with Crippen molar-refractivity contribution >= 4 is 17.6 Å². The fourth-order valence-electron chi connectivity index (χ4n) is 2.05. The van der Waals surface area contributed by atoms with Crippen LogP contribution in [0.15, 0.2) is 5.16 Å². The molecule has 1 fully saturated rings. The van der Waals surface area contributed by atoms with E-state index in [0.717, 1.165) is 12.8 Å². The second-order valence-corrected chi connectivity index (χ2v) is 4.85. The summed E-state index contributed by atoms with van der Waals surface area (Å²) in [6, 6.07) is 0. The van der Waals surface area contributed by atoms with E-state index in [9.17, 15) is 9.59 Å². The Balaban J connectivity index is 1.88. The molecule has 0 aromatic carbocycles. The fraction of sp³-hybridized carbons (Fsp3) is 0.727. The predicted molar refractivity (Wildman–Crippen MR) is 61.2 cm³/mol. The average Bonchev–Trinajstić information content (AvgIpc) is 2.78. The van der Waals surface area contributed by atoms with Gasteiger partial charge in [0.05, 0.1) is 12.1 Å². The highest BCUT2D eigenvalue weighted by atomic mass is 16.6. The molecule has 2 aliphatic heterocycles. The Labute approximate surface area is 104 Å². The Morgan fingerprint density at radius 1 is 1.56 bits per heavy atom. The number of carboxylic acid groups (broad SMARTS) is 1. The zero-order valence-corrected chi connectivity index (χ0v) is 10.1. The first-order chi connectivity index (χ1) is 8.50. The maximum absolute atomic E-state index is 11.9. The summed E-state index contributed by atoms with van der Waals surface area (Å²) in [4.78, 5) is 27.4. The predicted octanol–water partition coefficient (Wildman–Crippen LogP) is -0.0988. The first-order valence-electron chi connectivity index (χ1n) is 5.86. The van der Waals surface area contributed by atoms with Crippen molar-refractivity contribution in [2.75, 3.05) is 13.2 Å². The number of carbonyl (C=O) groups excluding carboxylic acids is 1. The molecule has 0 radical (unpaired) electrons. The molecule has 2 rings (SSSR count). The zero-order valence-electron chi connectivity index (χ0n) is 10.1. The van der Waals surface area contributed by atoms with Crippen LogP contribution in [0.5, 0.6) is 0 Å². The van der Waals surface area contributed by atoms with E-state index in [1.807, 2.05) is 6.92 Å². The van der Waals surface area contributed by atoms with Crippen molar-refractivity contribution in [3.63, 3.8) is 0 Å². The lowest BCUT2D eigenvalue weighted by molar-refractivity contribution is -0.134. The lowest BCUT2D eigenvalue weighted by Crippen LogP contribution is -2.54. The number of ether oxygens (including phenoxy) is 1. The molecular formula is C11H16N2O5. The normalized spacial score (nSPS) is 31.4. The summed E-state index contributed by atoms with van der Waals surface area (Å²) in [5.41, 5.74) is -0.537. The Hall–Kier alpha value is -1.63. The quantitative estimate of drug-likeness (QED) is 0.735. The molecule has 0 bridgehead atoms. The van der Waals surface area contributed by atoms with Gasteiger partial charge in [-0.3, -0.25) is 4.79 Å². The molecule has 100 valence electrons. The number of oxime groups is 1. The van der Waals surface area contributed by atoms with Crippen molar-refractivity contribution in [1.82, 2.24) is 5.32 Å². The first kappa shape index (κ1) is 12.8. The third-order valence-electron chi connectivity index (χ3n) is 3.07. The molecule has 2 unspecified atom stereocenters. The summed E-state index contributed by atoms with van der Waals surface area (Å²) in [7, 11) is 0. The molecule has 0 saturated carbocycles. The molecule has 2 heterocycles. The molecule has 1 amide bonds. The number of hydrogen-bond acceptors (Lipinski definition) is 5. The van der Waals surface area contributed by atoms with E-state index >= 15 is 0 Å². The molecule has 2 N–H and O–H groups in total. The molecule has 0 spiro atoms. The minimum atomic E-state index is -1.16. The molecule has 7 nitrogen and oxygen atoms in total. The third-order valence-corrected chi connectivity index (χ3v) is 3.07. The van der Waals surface area contributed by atoms with Crippen molar-refractivity contribution in [2.45, 2.75) is 37.8 Å². The summed E-state index contributed by atoms with van der Waals surface area (Å²) in [6.07, 6.45) is 0.866. The smallest absolute Gasteiger partial charge is 0.353 e. The summed E-state index contributed by atoms with van der Waals surface area (Å²) in [5, 5.41) is 14.9. The van der Waals surface area contributed by atoms with Crippen LogP contribution in [0.25, 0.3) is 0 Å². The van der Waals surface area contributed by atoms with Gasteiger partial charge in [-0.15, -0.1) is 0 Å². The van der Waals surface area contributed by atoms with Gasteiger partial charge in [-0.1, -0.05) is 5.16 Å². The minimum absolute atomic E-state index is 0.00188. The second-order valence-electron chi connectivity index (χ2n) is 4.85. The number of nitrogens with zero attached hydrogens (tertiary/aromatic N) is 1. The van der Waals surface area contributed by atoms with Gasteiger partial charge >= 0.3 is 5.97 Å². The van der Waals surface area contributed by atoms with Crippen LogP contribution in [0, 0.1) is 0 Å². The van der Waals surface area contributed by atoms with Crippen molar-refractivity contribution in [2.24, 2.45) is 5.16 Å². The molecule has 7 heteroatoms. The van der Waals surface area contributed by atoms with Crippen molar-refractivity contribution in [1.29, 1.82) is 0 Å². The number of rotatable bonds is 3. The molecule has 0 aromatic rings. The molecule has 18 heavy (non-hydrogen) atoms. The number of carboxylic acids is 1. The SMILES string of the molecule is CC1(NC(=O)C2CC(C(=O)O)=NO2)CCCOC1. The van der Waals surface area contributed by atoms with Crippen LogP contribution in [-0.4, -0.2) is 47.6 Å². The van der Waals surface area contributed by atoms with Crippen LogP contribution in [0.4, 0.5) is 0 Å². The third kappa shape index (κ3) is 2.79. The van der Waals surface area contributed by atoms with Crippen LogP contribution in [0.3, 0.4) is 0 Å². The van der Waals surface area contributed by atoms with E-state index in [2.05, 4.69) is 10.5 Å². The molecule has 0 aliphatic carbocycles. The van der Waals surface area contributed by atoms with Gasteiger partial charge in [0.1, 0.15) is 0 Å². The maximum atomic E-state index is 11.9. The lowest BCUT2D eigenvalue weighted by Gasteiger charge is -2.34. The van der Waals surface area contributed by atoms with E-state index in [4.69, 9.17) is 14.7 Å². The van der Waals surface area contributed by atoms with Crippen LogP contribution in [0.2, 0.25) is 0 Å². The number of aliphatic carboxylic acids is 1. The fourth-order valence-corrected chi connectivity index (χ4v) is 2.05. The highest BCUT2D eigenvalue weighted by Gasteiger charge is 2.36. The summed E-state index contributed by atoms with van der Waals surface area (Å²) < 4.78 is 5.33. The van der Waals surface area contributed by atoms with Crippen LogP contribution < -0.4 is 5.32 Å². The van der Waals surface area contributed by atoms with Gasteiger partial charge in [0.2, 0.25) is 6.10 Å². The van der Waals surface area contributed by atoms with Gasteiger partial charge < -0.3 is 20.0 Å². The van der Waals surface area contributed by atoms with E-state index in [-0.39, 0.29) is 18.0 Å². The number of nitrogens with one attached hydrogen (secondary N) is 1. The van der Waals surface area contributed by atoms with Gasteiger partial charge in [-0.25, -0.2) is 4.79 Å². The Morgan fingerprint density at radius 3 is 2.89 bits per heavy atom.